The second-order valence-corrected chi connectivity index (χ2v) is 4.83. The van der Waals surface area contributed by atoms with Crippen LogP contribution in [0, 0.1) is 0 Å². The molecule has 0 saturated heterocycles. The number of nitrogens with one attached hydrogen (secondary N) is 2. The number of hydrogen-bond acceptors (Lipinski definition) is 5. The SMILES string of the molecule is CCNC(C)(CC)C(C)NC(=O)c1cc(CO)on1. The molecule has 1 aromatic heterocycles. The van der Waals surface area contributed by atoms with Crippen molar-refractivity contribution >= 4 is 5.91 Å². The van der Waals surface area contributed by atoms with Gasteiger partial charge in [0.2, 0.25) is 0 Å². The summed E-state index contributed by atoms with van der Waals surface area (Å²) in [5, 5.41) is 18.8. The lowest BCUT2D eigenvalue weighted by molar-refractivity contribution is 0.0902. The lowest BCUT2D eigenvalue weighted by atomic mass is 9.90. The third-order valence-electron chi connectivity index (χ3n) is 3.57. The van der Waals surface area contributed by atoms with E-state index in [1.165, 1.54) is 6.07 Å². The number of aliphatic hydroxyl groups excluding tert-OH is 1. The smallest absolute Gasteiger partial charge is 0.273 e. The number of carbonyl (C=O) groups excluding carboxylic acids is 1. The molecular formula is C13H23N3O3. The number of rotatable bonds is 7. The lowest BCUT2D eigenvalue weighted by Gasteiger charge is -2.36. The highest BCUT2D eigenvalue weighted by Crippen LogP contribution is 2.15. The summed E-state index contributed by atoms with van der Waals surface area (Å²) in [6, 6.07) is 1.39. The van der Waals surface area contributed by atoms with E-state index in [4.69, 9.17) is 9.63 Å². The van der Waals surface area contributed by atoms with E-state index < -0.39 is 0 Å². The van der Waals surface area contributed by atoms with Gasteiger partial charge in [0, 0.05) is 17.6 Å². The summed E-state index contributed by atoms with van der Waals surface area (Å²) in [5.41, 5.74) is 0.0133. The first-order chi connectivity index (χ1) is 8.96. The van der Waals surface area contributed by atoms with Crippen molar-refractivity contribution in [3.63, 3.8) is 0 Å². The second-order valence-electron chi connectivity index (χ2n) is 4.83. The zero-order valence-corrected chi connectivity index (χ0v) is 12.0. The van der Waals surface area contributed by atoms with Crippen molar-refractivity contribution in [3.8, 4) is 0 Å². The van der Waals surface area contributed by atoms with E-state index >= 15 is 0 Å². The van der Waals surface area contributed by atoms with Crippen LogP contribution in [-0.2, 0) is 6.61 Å². The predicted molar refractivity (Wildman–Crippen MR) is 71.7 cm³/mol. The van der Waals surface area contributed by atoms with Crippen molar-refractivity contribution < 1.29 is 14.4 Å². The molecule has 6 nitrogen and oxygen atoms in total. The standard InChI is InChI=1S/C13H23N3O3/c1-5-13(4,14-6-2)9(3)15-12(18)11-7-10(8-17)19-16-11/h7,9,14,17H,5-6,8H2,1-4H3,(H,15,18). The molecule has 0 aliphatic rings. The van der Waals surface area contributed by atoms with Crippen LogP contribution < -0.4 is 10.6 Å². The third kappa shape index (κ3) is 3.78. The Balaban J connectivity index is 2.69. The average Bonchev–Trinajstić information content (AvgIpc) is 2.87. The molecule has 0 aliphatic heterocycles. The maximum atomic E-state index is 12.0. The Morgan fingerprint density at radius 3 is 2.74 bits per heavy atom. The number of aliphatic hydroxyl groups is 1. The fourth-order valence-electron chi connectivity index (χ4n) is 1.91. The Kier molecular flexibility index (Phi) is 5.50. The van der Waals surface area contributed by atoms with Gasteiger partial charge in [-0.05, 0) is 26.8 Å². The molecule has 6 heteroatoms. The lowest BCUT2D eigenvalue weighted by Crippen LogP contribution is -2.57. The molecule has 1 amide bonds. The minimum absolute atomic E-state index is 0.0563. The van der Waals surface area contributed by atoms with Gasteiger partial charge in [-0.3, -0.25) is 4.79 Å². The summed E-state index contributed by atoms with van der Waals surface area (Å²) < 4.78 is 4.80. The van der Waals surface area contributed by atoms with Crippen LogP contribution in [0.4, 0.5) is 0 Å². The normalized spacial score (nSPS) is 15.8. The molecule has 2 unspecified atom stereocenters. The second kappa shape index (κ2) is 6.68. The predicted octanol–water partition coefficient (Wildman–Crippen LogP) is 1.06. The van der Waals surface area contributed by atoms with Crippen molar-refractivity contribution in [2.75, 3.05) is 6.54 Å². The number of hydrogen-bond donors (Lipinski definition) is 3. The van der Waals surface area contributed by atoms with Crippen LogP contribution in [0.3, 0.4) is 0 Å². The molecule has 0 fully saturated rings. The Morgan fingerprint density at radius 2 is 2.26 bits per heavy atom. The number of nitrogens with zero attached hydrogens (tertiary/aromatic N) is 1. The summed E-state index contributed by atoms with van der Waals surface area (Å²) >= 11 is 0. The largest absolute Gasteiger partial charge is 0.388 e. The van der Waals surface area contributed by atoms with E-state index in [0.717, 1.165) is 13.0 Å². The van der Waals surface area contributed by atoms with Crippen LogP contribution in [0.25, 0.3) is 0 Å². The molecule has 1 rings (SSSR count). The van der Waals surface area contributed by atoms with E-state index in [0.29, 0.717) is 0 Å². The zero-order valence-electron chi connectivity index (χ0n) is 12.0. The van der Waals surface area contributed by atoms with Crippen molar-refractivity contribution in [2.24, 2.45) is 0 Å². The van der Waals surface area contributed by atoms with Crippen LogP contribution in [-0.4, -0.2) is 34.3 Å². The van der Waals surface area contributed by atoms with Crippen LogP contribution in [0.15, 0.2) is 10.6 Å². The van der Waals surface area contributed by atoms with Gasteiger partial charge in [0.05, 0.1) is 0 Å². The minimum atomic E-state index is -0.298. The molecule has 0 spiro atoms. The van der Waals surface area contributed by atoms with Gasteiger partial charge in [-0.2, -0.15) is 0 Å². The maximum Gasteiger partial charge on any atom is 0.273 e. The topological polar surface area (TPSA) is 87.4 Å². The van der Waals surface area contributed by atoms with Crippen LogP contribution in [0.1, 0.15) is 50.4 Å². The molecule has 0 saturated carbocycles. The monoisotopic (exact) mass is 269 g/mol. The zero-order chi connectivity index (χ0) is 14.5. The van der Waals surface area contributed by atoms with Crippen molar-refractivity contribution in [1.82, 2.24) is 15.8 Å². The summed E-state index contributed by atoms with van der Waals surface area (Å²) in [6.07, 6.45) is 0.892. The van der Waals surface area contributed by atoms with Gasteiger partial charge < -0.3 is 20.3 Å². The first-order valence-corrected chi connectivity index (χ1v) is 6.59. The molecule has 0 bridgehead atoms. The van der Waals surface area contributed by atoms with E-state index in [-0.39, 0.29) is 35.5 Å². The van der Waals surface area contributed by atoms with Crippen molar-refractivity contribution in [2.45, 2.75) is 52.3 Å². The van der Waals surface area contributed by atoms with Crippen molar-refractivity contribution in [3.05, 3.63) is 17.5 Å². The third-order valence-corrected chi connectivity index (χ3v) is 3.57. The van der Waals surface area contributed by atoms with Crippen LogP contribution in [0.2, 0.25) is 0 Å². The first-order valence-electron chi connectivity index (χ1n) is 6.59. The van der Waals surface area contributed by atoms with Crippen LogP contribution >= 0.6 is 0 Å². The summed E-state index contributed by atoms with van der Waals surface area (Å²) in [7, 11) is 0. The molecule has 108 valence electrons. The molecule has 2 atom stereocenters. The molecule has 0 aromatic carbocycles. The Labute approximate surface area is 113 Å². The Morgan fingerprint density at radius 1 is 1.58 bits per heavy atom. The number of likely N-dealkylation sites (N-methyl/N-ethyl adjacent to an activating group) is 1. The summed E-state index contributed by atoms with van der Waals surface area (Å²) in [5.74, 6) is -0.0173. The van der Waals surface area contributed by atoms with Gasteiger partial charge in [-0.1, -0.05) is 19.0 Å². The number of amides is 1. The maximum absolute atomic E-state index is 12.0. The van der Waals surface area contributed by atoms with Gasteiger partial charge in [0.1, 0.15) is 6.61 Å². The molecule has 0 radical (unpaired) electrons. The highest BCUT2D eigenvalue weighted by Gasteiger charge is 2.30. The van der Waals surface area contributed by atoms with E-state index in [9.17, 15) is 4.79 Å². The fourth-order valence-corrected chi connectivity index (χ4v) is 1.91. The minimum Gasteiger partial charge on any atom is -0.388 e. The molecule has 3 N–H and O–H groups in total. The van der Waals surface area contributed by atoms with Crippen molar-refractivity contribution in [1.29, 1.82) is 0 Å². The molecule has 19 heavy (non-hydrogen) atoms. The average molecular weight is 269 g/mol. The van der Waals surface area contributed by atoms with Gasteiger partial charge >= 0.3 is 0 Å². The van der Waals surface area contributed by atoms with Gasteiger partial charge in [-0.15, -0.1) is 0 Å². The van der Waals surface area contributed by atoms with Crippen LogP contribution in [0.5, 0.6) is 0 Å². The van der Waals surface area contributed by atoms with Gasteiger partial charge in [-0.25, -0.2) is 0 Å². The molecular weight excluding hydrogens is 246 g/mol. The van der Waals surface area contributed by atoms with E-state index in [2.05, 4.69) is 29.6 Å². The quantitative estimate of drug-likeness (QED) is 0.689. The van der Waals surface area contributed by atoms with Gasteiger partial charge in [0.15, 0.2) is 11.5 Å². The first kappa shape index (κ1) is 15.7. The summed E-state index contributed by atoms with van der Waals surface area (Å²) in [6.45, 7) is 8.71. The Bertz CT molecular complexity index is 419. The highest BCUT2D eigenvalue weighted by atomic mass is 16.5. The van der Waals surface area contributed by atoms with Gasteiger partial charge in [0.25, 0.3) is 5.91 Å². The van der Waals surface area contributed by atoms with E-state index in [1.54, 1.807) is 0 Å². The fraction of sp³-hybridized carbons (Fsp3) is 0.692. The Hall–Kier alpha value is -1.40. The number of aromatic nitrogens is 1. The number of carbonyl (C=O) groups is 1. The molecule has 0 aliphatic carbocycles. The highest BCUT2D eigenvalue weighted by molar-refractivity contribution is 5.92. The van der Waals surface area contributed by atoms with E-state index in [1.807, 2.05) is 13.8 Å². The summed E-state index contributed by atoms with van der Waals surface area (Å²) in [4.78, 5) is 12.0. The molecule has 1 aromatic rings. The molecule has 1 heterocycles.